The zero-order chi connectivity index (χ0) is 19.8. The van der Waals surface area contributed by atoms with Crippen LogP contribution in [0.5, 0.6) is 0 Å². The molecular formula is C17H27N6O3P. The van der Waals surface area contributed by atoms with Gasteiger partial charge >= 0.3 is 0 Å². The number of aromatic nitrogens is 4. The van der Waals surface area contributed by atoms with Crippen LogP contribution in [0.2, 0.25) is 0 Å². The van der Waals surface area contributed by atoms with Crippen LogP contribution >= 0.6 is 8.53 Å². The molecule has 0 aromatic carbocycles. The Morgan fingerprint density at radius 2 is 1.96 bits per heavy atom. The number of aliphatic hydroxyl groups excluding tert-OH is 1. The Morgan fingerprint density at radius 1 is 1.26 bits per heavy atom. The first kappa shape index (κ1) is 21.6. The molecule has 0 spiro atoms. The molecule has 2 aromatic rings. The first-order chi connectivity index (χ1) is 13.0. The minimum atomic E-state index is -1.30. The van der Waals surface area contributed by atoms with E-state index in [-0.39, 0.29) is 18.7 Å². The van der Waals surface area contributed by atoms with Gasteiger partial charge in [0.05, 0.1) is 31.9 Å². The molecule has 27 heavy (non-hydrogen) atoms. The van der Waals surface area contributed by atoms with Gasteiger partial charge in [0.1, 0.15) is 24.3 Å². The Hall–Kier alpha value is -1.69. The fourth-order valence-electron chi connectivity index (χ4n) is 2.80. The van der Waals surface area contributed by atoms with Crippen molar-refractivity contribution in [3.05, 3.63) is 18.3 Å². The number of aliphatic hydroxyl groups is 1. The summed E-state index contributed by atoms with van der Waals surface area (Å²) < 4.78 is 16.0. The molecule has 0 saturated heterocycles. The molecular weight excluding hydrogens is 367 g/mol. The number of imidazole rings is 1. The van der Waals surface area contributed by atoms with Gasteiger partial charge in [-0.25, -0.2) is 19.6 Å². The molecule has 0 aliphatic heterocycles. The van der Waals surface area contributed by atoms with E-state index in [0.717, 1.165) is 0 Å². The Bertz CT molecular complexity index is 753. The summed E-state index contributed by atoms with van der Waals surface area (Å²) in [7, 11) is -1.30. The molecule has 1 unspecified atom stereocenters. The Kier molecular flexibility index (Phi) is 8.48. The predicted molar refractivity (Wildman–Crippen MR) is 102 cm³/mol. The van der Waals surface area contributed by atoms with Gasteiger partial charge in [0.15, 0.2) is 5.65 Å². The second-order valence-electron chi connectivity index (χ2n) is 6.45. The lowest BCUT2D eigenvalue weighted by Gasteiger charge is -2.35. The average molecular weight is 394 g/mol. The molecule has 0 radical (unpaired) electrons. The highest BCUT2D eigenvalue weighted by Gasteiger charge is 2.27. The van der Waals surface area contributed by atoms with Crippen LogP contribution in [0.3, 0.4) is 0 Å². The van der Waals surface area contributed by atoms with Crippen molar-refractivity contribution in [3.8, 4) is 6.07 Å². The number of hydrogen-bond acceptors (Lipinski definition) is 8. The highest BCUT2D eigenvalue weighted by molar-refractivity contribution is 7.44. The predicted octanol–water partition coefficient (Wildman–Crippen LogP) is 2.61. The van der Waals surface area contributed by atoms with Gasteiger partial charge < -0.3 is 18.7 Å². The molecule has 0 bridgehead atoms. The highest BCUT2D eigenvalue weighted by Crippen LogP contribution is 2.45. The molecule has 0 amide bonds. The molecule has 1 atom stereocenters. The first-order valence-corrected chi connectivity index (χ1v) is 10.1. The summed E-state index contributed by atoms with van der Waals surface area (Å²) in [5, 5.41) is 18.3. The van der Waals surface area contributed by atoms with Crippen molar-refractivity contribution < 1.29 is 14.2 Å². The third-order valence-corrected chi connectivity index (χ3v) is 5.92. The Labute approximate surface area is 160 Å². The third-order valence-electron chi connectivity index (χ3n) is 3.81. The normalized spacial score (nSPS) is 13.0. The molecule has 9 nitrogen and oxygen atoms in total. The second-order valence-corrected chi connectivity index (χ2v) is 7.90. The van der Waals surface area contributed by atoms with Crippen molar-refractivity contribution in [1.29, 1.82) is 5.26 Å². The zero-order valence-corrected chi connectivity index (χ0v) is 17.1. The third kappa shape index (κ3) is 5.64. The van der Waals surface area contributed by atoms with Crippen LogP contribution in [-0.2, 0) is 22.2 Å². The largest absolute Gasteiger partial charge is 0.388 e. The smallest absolute Gasteiger partial charge is 0.259 e. The summed E-state index contributed by atoms with van der Waals surface area (Å²) in [5.74, 6) is 0.522. The van der Waals surface area contributed by atoms with E-state index in [4.69, 9.17) is 14.3 Å². The Morgan fingerprint density at radius 3 is 2.59 bits per heavy atom. The molecule has 148 valence electrons. The van der Waals surface area contributed by atoms with E-state index in [2.05, 4.69) is 53.4 Å². The van der Waals surface area contributed by atoms with Gasteiger partial charge in [-0.3, -0.25) is 0 Å². The minimum Gasteiger partial charge on any atom is -0.388 e. The van der Waals surface area contributed by atoms with E-state index in [9.17, 15) is 5.11 Å². The van der Waals surface area contributed by atoms with Crippen LogP contribution in [0, 0.1) is 11.3 Å². The lowest BCUT2D eigenvalue weighted by molar-refractivity contribution is 0.171. The molecule has 10 heteroatoms. The molecule has 2 aromatic heterocycles. The lowest BCUT2D eigenvalue weighted by atomic mass is 10.3. The van der Waals surface area contributed by atoms with Crippen molar-refractivity contribution in [2.45, 2.75) is 59.4 Å². The maximum absolute atomic E-state index is 9.57. The summed E-state index contributed by atoms with van der Waals surface area (Å²) in [6.45, 7) is 9.37. The lowest BCUT2D eigenvalue weighted by Crippen LogP contribution is -2.34. The number of nitriles is 1. The fraction of sp³-hybridized carbons (Fsp3) is 0.647. The van der Waals surface area contributed by atoms with Crippen molar-refractivity contribution in [1.82, 2.24) is 24.2 Å². The maximum atomic E-state index is 9.57. The summed E-state index contributed by atoms with van der Waals surface area (Å²) >= 11 is 0. The summed E-state index contributed by atoms with van der Waals surface area (Å²) in [5.41, 5.74) is 1.30. The number of fused-ring (bicyclic) bond motifs is 1. The molecule has 0 aliphatic carbocycles. The minimum absolute atomic E-state index is 0.187. The van der Waals surface area contributed by atoms with Crippen LogP contribution < -0.4 is 0 Å². The van der Waals surface area contributed by atoms with Crippen molar-refractivity contribution >= 4 is 19.7 Å². The molecule has 0 saturated carbocycles. The quantitative estimate of drug-likeness (QED) is 0.458. The maximum Gasteiger partial charge on any atom is 0.259 e. The highest BCUT2D eigenvalue weighted by atomic mass is 31.2. The monoisotopic (exact) mass is 394 g/mol. The molecule has 2 heterocycles. The topological polar surface area (TPSA) is 109 Å². The average Bonchev–Trinajstić information content (AvgIpc) is 2.99. The Balaban J connectivity index is 2.09. The van der Waals surface area contributed by atoms with E-state index in [0.29, 0.717) is 43.2 Å². The van der Waals surface area contributed by atoms with Gasteiger partial charge in [-0.05, 0) is 27.7 Å². The van der Waals surface area contributed by atoms with Gasteiger partial charge in [0, 0.05) is 18.6 Å². The van der Waals surface area contributed by atoms with Crippen LogP contribution in [0.1, 0.15) is 39.9 Å². The summed E-state index contributed by atoms with van der Waals surface area (Å²) in [6, 6.07) is 2.58. The van der Waals surface area contributed by atoms with E-state index in [1.165, 1.54) is 6.33 Å². The van der Waals surface area contributed by atoms with Crippen molar-refractivity contribution in [3.63, 3.8) is 0 Å². The standard InChI is InChI=1S/C17H27N6O3P/c1-13(2)23(14(3)4)27(25-8-5-6-18)26-9-7-22-16(11-24)21-15-10-19-12-20-17(15)22/h10,12-14,24H,5,7-9,11H2,1-4H3. The van der Waals surface area contributed by atoms with E-state index < -0.39 is 8.53 Å². The van der Waals surface area contributed by atoms with Crippen LogP contribution in [0.4, 0.5) is 0 Å². The van der Waals surface area contributed by atoms with Crippen molar-refractivity contribution in [2.75, 3.05) is 13.2 Å². The van der Waals surface area contributed by atoms with Crippen molar-refractivity contribution in [2.24, 2.45) is 0 Å². The van der Waals surface area contributed by atoms with Gasteiger partial charge in [0.2, 0.25) is 0 Å². The fourth-order valence-corrected chi connectivity index (χ4v) is 4.38. The summed E-state index contributed by atoms with van der Waals surface area (Å²) in [6.07, 6.45) is 3.40. The van der Waals surface area contributed by atoms with Crippen LogP contribution in [0.15, 0.2) is 12.5 Å². The number of hydrogen-bond donors (Lipinski definition) is 1. The molecule has 1 N–H and O–H groups in total. The first-order valence-electron chi connectivity index (χ1n) is 8.96. The molecule has 2 rings (SSSR count). The van der Waals surface area contributed by atoms with Gasteiger partial charge in [-0.1, -0.05) is 0 Å². The molecule has 0 aliphatic rings. The van der Waals surface area contributed by atoms with Gasteiger partial charge in [0.25, 0.3) is 8.53 Å². The van der Waals surface area contributed by atoms with E-state index in [1.807, 2.05) is 4.57 Å². The second kappa shape index (κ2) is 10.6. The number of nitrogens with zero attached hydrogens (tertiary/aromatic N) is 6. The van der Waals surface area contributed by atoms with Crippen LogP contribution in [0.25, 0.3) is 11.2 Å². The van der Waals surface area contributed by atoms with Gasteiger partial charge in [-0.2, -0.15) is 5.26 Å². The SMILES string of the molecule is CC(C)N(C(C)C)P(OCCC#N)OCCn1c(CO)nc2cncnc21. The number of rotatable bonds is 11. The summed E-state index contributed by atoms with van der Waals surface area (Å²) in [4.78, 5) is 12.6. The van der Waals surface area contributed by atoms with Crippen LogP contribution in [-0.4, -0.2) is 54.6 Å². The van der Waals surface area contributed by atoms with E-state index in [1.54, 1.807) is 6.20 Å². The van der Waals surface area contributed by atoms with Gasteiger partial charge in [-0.15, -0.1) is 0 Å². The van der Waals surface area contributed by atoms with E-state index >= 15 is 0 Å². The zero-order valence-electron chi connectivity index (χ0n) is 16.2. The molecule has 0 fully saturated rings.